The number of aryl methyl sites for hydroxylation is 3. The van der Waals surface area contributed by atoms with Crippen LogP contribution in [0.2, 0.25) is 0 Å². The maximum absolute atomic E-state index is 13.1. The van der Waals surface area contributed by atoms with Gasteiger partial charge >= 0.3 is 0 Å². The number of thiophene rings is 1. The van der Waals surface area contributed by atoms with Crippen molar-refractivity contribution in [3.05, 3.63) is 39.3 Å². The standard InChI is InChI=1S/C21H28N4O4S2/c1-23-14-16(13-17(23)20(22)26)31(28,29)25-10-8-24(9-11-25)21(27)19-12-15-6-4-2-3-5-7-18(15)30-19/h12-14H,2-11H2,1H3,(H2,22,26). The van der Waals surface area contributed by atoms with Gasteiger partial charge in [-0.1, -0.05) is 12.8 Å². The lowest BCUT2D eigenvalue weighted by atomic mass is 10.00. The fourth-order valence-corrected chi connectivity index (χ4v) is 7.02. The number of rotatable bonds is 4. The van der Waals surface area contributed by atoms with Gasteiger partial charge in [-0.25, -0.2) is 8.42 Å². The van der Waals surface area contributed by atoms with Gasteiger partial charge in [0.2, 0.25) is 10.0 Å². The van der Waals surface area contributed by atoms with Crippen molar-refractivity contribution in [3.8, 4) is 0 Å². The molecule has 4 rings (SSSR count). The molecule has 31 heavy (non-hydrogen) atoms. The lowest BCUT2D eigenvalue weighted by molar-refractivity contribution is 0.0702. The monoisotopic (exact) mass is 464 g/mol. The first kappa shape index (κ1) is 22.0. The van der Waals surface area contributed by atoms with Gasteiger partial charge in [-0.05, 0) is 43.4 Å². The Bertz CT molecular complexity index is 1070. The SMILES string of the molecule is Cn1cc(S(=O)(=O)N2CCN(C(=O)c3cc4c(s3)CCCCCC4)CC2)cc1C(N)=O. The molecule has 8 nitrogen and oxygen atoms in total. The van der Waals surface area contributed by atoms with Crippen LogP contribution in [-0.2, 0) is 29.9 Å². The Hall–Kier alpha value is -2.17. The van der Waals surface area contributed by atoms with E-state index >= 15 is 0 Å². The highest BCUT2D eigenvalue weighted by Gasteiger charge is 2.32. The van der Waals surface area contributed by atoms with E-state index in [-0.39, 0.29) is 29.6 Å². The molecule has 0 unspecified atom stereocenters. The van der Waals surface area contributed by atoms with Crippen molar-refractivity contribution >= 4 is 33.2 Å². The van der Waals surface area contributed by atoms with Crippen molar-refractivity contribution in [1.29, 1.82) is 0 Å². The highest BCUT2D eigenvalue weighted by atomic mass is 32.2. The van der Waals surface area contributed by atoms with E-state index in [1.165, 1.54) is 57.3 Å². The van der Waals surface area contributed by atoms with Crippen molar-refractivity contribution in [2.75, 3.05) is 26.2 Å². The van der Waals surface area contributed by atoms with Crippen LogP contribution in [0.5, 0.6) is 0 Å². The average Bonchev–Trinajstić information content (AvgIpc) is 3.31. The van der Waals surface area contributed by atoms with E-state index in [0.29, 0.717) is 13.1 Å². The molecule has 168 valence electrons. The summed E-state index contributed by atoms with van der Waals surface area (Å²) < 4.78 is 28.7. The summed E-state index contributed by atoms with van der Waals surface area (Å²) in [7, 11) is -2.17. The molecule has 2 N–H and O–H groups in total. The third kappa shape index (κ3) is 4.42. The van der Waals surface area contributed by atoms with E-state index in [9.17, 15) is 18.0 Å². The van der Waals surface area contributed by atoms with E-state index in [0.717, 1.165) is 17.7 Å². The fraction of sp³-hybridized carbons (Fsp3) is 0.524. The Morgan fingerprint density at radius 3 is 2.32 bits per heavy atom. The number of aromatic nitrogens is 1. The van der Waals surface area contributed by atoms with Crippen LogP contribution in [0.1, 0.15) is 56.3 Å². The number of primary amides is 1. The third-order valence-corrected chi connectivity index (χ3v) is 9.19. The molecule has 0 spiro atoms. The molecule has 0 radical (unpaired) electrons. The van der Waals surface area contributed by atoms with E-state index in [4.69, 9.17) is 5.73 Å². The number of hydrogen-bond acceptors (Lipinski definition) is 5. The van der Waals surface area contributed by atoms with Crippen LogP contribution in [-0.4, -0.2) is 60.2 Å². The van der Waals surface area contributed by atoms with Gasteiger partial charge in [-0.15, -0.1) is 11.3 Å². The topological polar surface area (TPSA) is 106 Å². The summed E-state index contributed by atoms with van der Waals surface area (Å²) in [6, 6.07) is 3.35. The Labute approximate surface area is 186 Å². The first-order chi connectivity index (χ1) is 14.8. The minimum Gasteiger partial charge on any atom is -0.364 e. The second kappa shape index (κ2) is 8.76. The van der Waals surface area contributed by atoms with Crippen LogP contribution >= 0.6 is 11.3 Å². The fourth-order valence-electron chi connectivity index (χ4n) is 4.31. The van der Waals surface area contributed by atoms with E-state index in [1.807, 2.05) is 6.07 Å². The number of nitrogens with two attached hydrogens (primary N) is 1. The molecule has 1 aliphatic carbocycles. The number of sulfonamides is 1. The summed E-state index contributed by atoms with van der Waals surface area (Å²) in [6.45, 7) is 1.13. The second-order valence-electron chi connectivity index (χ2n) is 8.21. The number of piperazine rings is 1. The zero-order valence-electron chi connectivity index (χ0n) is 17.7. The number of hydrogen-bond donors (Lipinski definition) is 1. The molecule has 2 amide bonds. The smallest absolute Gasteiger partial charge is 0.265 e. The summed E-state index contributed by atoms with van der Waals surface area (Å²) in [5.74, 6) is -0.686. The molecule has 0 bridgehead atoms. The maximum Gasteiger partial charge on any atom is 0.265 e. The summed E-state index contributed by atoms with van der Waals surface area (Å²) in [6.07, 6.45) is 8.32. The summed E-state index contributed by atoms with van der Waals surface area (Å²) in [5, 5.41) is 0. The minimum atomic E-state index is -3.75. The van der Waals surface area contributed by atoms with Gasteiger partial charge in [0.1, 0.15) is 10.6 Å². The van der Waals surface area contributed by atoms with E-state index < -0.39 is 15.9 Å². The Kier molecular flexibility index (Phi) is 6.23. The maximum atomic E-state index is 13.1. The van der Waals surface area contributed by atoms with Crippen LogP contribution in [0.4, 0.5) is 0 Å². The second-order valence-corrected chi connectivity index (χ2v) is 11.3. The first-order valence-electron chi connectivity index (χ1n) is 10.6. The lowest BCUT2D eigenvalue weighted by Crippen LogP contribution is -2.50. The van der Waals surface area contributed by atoms with Crippen molar-refractivity contribution in [2.45, 2.75) is 43.4 Å². The van der Waals surface area contributed by atoms with Crippen LogP contribution in [0, 0.1) is 0 Å². The number of amides is 2. The summed E-state index contributed by atoms with van der Waals surface area (Å²) in [5.41, 5.74) is 6.75. The van der Waals surface area contributed by atoms with Gasteiger partial charge in [0.05, 0.1) is 4.88 Å². The minimum absolute atomic E-state index is 0.00970. The molecule has 2 aromatic rings. The normalized spacial score (nSPS) is 18.3. The zero-order valence-corrected chi connectivity index (χ0v) is 19.3. The predicted molar refractivity (Wildman–Crippen MR) is 119 cm³/mol. The van der Waals surface area contributed by atoms with Crippen LogP contribution < -0.4 is 5.73 Å². The summed E-state index contributed by atoms with van der Waals surface area (Å²) in [4.78, 5) is 28.4. The molecule has 1 aliphatic heterocycles. The van der Waals surface area contributed by atoms with E-state index in [1.54, 1.807) is 23.3 Å². The first-order valence-corrected chi connectivity index (χ1v) is 12.9. The number of carbonyl (C=O) groups excluding carboxylic acids is 2. The van der Waals surface area contributed by atoms with Crippen LogP contribution in [0.3, 0.4) is 0 Å². The molecule has 0 aromatic carbocycles. The number of carbonyl (C=O) groups is 2. The molecule has 3 heterocycles. The Morgan fingerprint density at radius 2 is 1.68 bits per heavy atom. The van der Waals surface area contributed by atoms with Gasteiger partial charge in [0, 0.05) is 44.3 Å². The predicted octanol–water partition coefficient (Wildman–Crippen LogP) is 1.99. The van der Waals surface area contributed by atoms with Crippen molar-refractivity contribution in [1.82, 2.24) is 13.8 Å². The van der Waals surface area contributed by atoms with Gasteiger partial charge in [0.25, 0.3) is 11.8 Å². The molecule has 1 fully saturated rings. The van der Waals surface area contributed by atoms with E-state index in [2.05, 4.69) is 0 Å². The number of fused-ring (bicyclic) bond motifs is 1. The van der Waals surface area contributed by atoms with Gasteiger partial charge < -0.3 is 15.2 Å². The molecule has 0 saturated carbocycles. The van der Waals surface area contributed by atoms with Gasteiger partial charge in [0.15, 0.2) is 0 Å². The third-order valence-electron chi connectivity index (χ3n) is 6.10. The molecule has 10 heteroatoms. The Morgan fingerprint density at radius 1 is 1.00 bits per heavy atom. The molecule has 2 aromatic heterocycles. The van der Waals surface area contributed by atoms with Crippen LogP contribution in [0.25, 0.3) is 0 Å². The zero-order chi connectivity index (χ0) is 22.2. The number of nitrogens with zero attached hydrogens (tertiary/aromatic N) is 3. The molecular weight excluding hydrogens is 436 g/mol. The van der Waals surface area contributed by atoms with Crippen LogP contribution in [0.15, 0.2) is 23.2 Å². The highest BCUT2D eigenvalue weighted by molar-refractivity contribution is 7.89. The van der Waals surface area contributed by atoms with Gasteiger partial charge in [-0.3, -0.25) is 9.59 Å². The average molecular weight is 465 g/mol. The Balaban J connectivity index is 1.43. The van der Waals surface area contributed by atoms with Crippen molar-refractivity contribution in [3.63, 3.8) is 0 Å². The molecule has 1 saturated heterocycles. The largest absolute Gasteiger partial charge is 0.364 e. The van der Waals surface area contributed by atoms with Gasteiger partial charge in [-0.2, -0.15) is 4.31 Å². The molecule has 0 atom stereocenters. The highest BCUT2D eigenvalue weighted by Crippen LogP contribution is 2.30. The molecule has 2 aliphatic rings. The molecular formula is C21H28N4O4S2. The summed E-state index contributed by atoms with van der Waals surface area (Å²) >= 11 is 1.60. The lowest BCUT2D eigenvalue weighted by Gasteiger charge is -2.33. The van der Waals surface area contributed by atoms with Crippen molar-refractivity contribution < 1.29 is 18.0 Å². The van der Waals surface area contributed by atoms with Crippen molar-refractivity contribution in [2.24, 2.45) is 12.8 Å². The quantitative estimate of drug-likeness (QED) is 0.747.